The number of sulfone groups is 1. The molecule has 0 spiro atoms. The molecule has 3 N–H and O–H groups in total. The van der Waals surface area contributed by atoms with Crippen LogP contribution in [-0.4, -0.2) is 20.5 Å². The number of rotatable bonds is 6. The molecular formula is C26H27N2O2S. The summed E-state index contributed by atoms with van der Waals surface area (Å²) in [5.74, 6) is 0.0859. The van der Waals surface area contributed by atoms with Gasteiger partial charge in [0.1, 0.15) is 5.84 Å². The van der Waals surface area contributed by atoms with Gasteiger partial charge in [0.15, 0.2) is 9.84 Å². The van der Waals surface area contributed by atoms with Crippen LogP contribution in [0.25, 0.3) is 11.1 Å². The van der Waals surface area contributed by atoms with E-state index in [1.807, 2.05) is 42.5 Å². The smallest absolute Gasteiger partial charge is 0.176 e. The van der Waals surface area contributed by atoms with Crippen molar-refractivity contribution in [2.24, 2.45) is 5.73 Å². The molecule has 1 unspecified atom stereocenters. The molecule has 31 heavy (non-hydrogen) atoms. The summed E-state index contributed by atoms with van der Waals surface area (Å²) in [6, 6.07) is 23.4. The van der Waals surface area contributed by atoms with Crippen molar-refractivity contribution < 1.29 is 8.42 Å². The Morgan fingerprint density at radius 2 is 1.77 bits per heavy atom. The first-order valence-electron chi connectivity index (χ1n) is 10.4. The summed E-state index contributed by atoms with van der Waals surface area (Å²) in [5, 5.41) is 7.72. The highest BCUT2D eigenvalue weighted by molar-refractivity contribution is 7.90. The van der Waals surface area contributed by atoms with Gasteiger partial charge >= 0.3 is 0 Å². The Balaban J connectivity index is 1.69. The van der Waals surface area contributed by atoms with Gasteiger partial charge in [-0.2, -0.15) is 0 Å². The lowest BCUT2D eigenvalue weighted by atomic mass is 9.74. The van der Waals surface area contributed by atoms with E-state index in [-0.39, 0.29) is 11.3 Å². The Kier molecular flexibility index (Phi) is 5.71. The van der Waals surface area contributed by atoms with Gasteiger partial charge in [-0.15, -0.1) is 0 Å². The first-order valence-corrected chi connectivity index (χ1v) is 12.3. The molecule has 0 aromatic heterocycles. The van der Waals surface area contributed by atoms with E-state index in [1.165, 1.54) is 17.4 Å². The summed E-state index contributed by atoms with van der Waals surface area (Å²) in [6.07, 6.45) is 7.61. The number of nitrogens with two attached hydrogens (primary N) is 1. The van der Waals surface area contributed by atoms with Crippen LogP contribution in [0.1, 0.15) is 36.0 Å². The van der Waals surface area contributed by atoms with Crippen molar-refractivity contribution in [3.05, 3.63) is 95.9 Å². The van der Waals surface area contributed by atoms with Crippen LogP contribution in [0.15, 0.2) is 77.7 Å². The lowest BCUT2D eigenvalue weighted by Gasteiger charge is -2.30. The third-order valence-electron chi connectivity index (χ3n) is 6.24. The van der Waals surface area contributed by atoms with Crippen LogP contribution in [0.2, 0.25) is 0 Å². The van der Waals surface area contributed by atoms with E-state index >= 15 is 0 Å². The fourth-order valence-electron chi connectivity index (χ4n) is 4.65. The average molecular weight is 432 g/mol. The maximum atomic E-state index is 12.2. The molecule has 1 saturated carbocycles. The van der Waals surface area contributed by atoms with Crippen LogP contribution in [0.5, 0.6) is 0 Å². The molecule has 159 valence electrons. The van der Waals surface area contributed by atoms with Gasteiger partial charge in [-0.1, -0.05) is 60.7 Å². The highest BCUT2D eigenvalue weighted by atomic mass is 32.2. The van der Waals surface area contributed by atoms with Crippen LogP contribution >= 0.6 is 0 Å². The Labute approximate surface area is 184 Å². The van der Waals surface area contributed by atoms with Gasteiger partial charge in [-0.05, 0) is 66.3 Å². The molecule has 0 aliphatic heterocycles. The van der Waals surface area contributed by atoms with Crippen molar-refractivity contribution >= 4 is 15.7 Å². The van der Waals surface area contributed by atoms with Crippen molar-refractivity contribution in [2.75, 3.05) is 6.26 Å². The second-order valence-electron chi connectivity index (χ2n) is 8.45. The van der Waals surface area contributed by atoms with Crippen LogP contribution in [-0.2, 0) is 21.7 Å². The fourth-order valence-corrected chi connectivity index (χ4v) is 5.57. The van der Waals surface area contributed by atoms with E-state index in [1.54, 1.807) is 12.1 Å². The molecule has 3 aromatic rings. The maximum absolute atomic E-state index is 12.2. The molecular weight excluding hydrogens is 404 g/mol. The topological polar surface area (TPSA) is 84.0 Å². The van der Waals surface area contributed by atoms with E-state index < -0.39 is 9.84 Å². The number of nitrogen functional groups attached to an aromatic ring is 1. The van der Waals surface area contributed by atoms with Gasteiger partial charge in [0.05, 0.1) is 4.90 Å². The number of hydrogen-bond donors (Lipinski definition) is 2. The highest BCUT2D eigenvalue weighted by Gasteiger charge is 2.36. The Morgan fingerprint density at radius 1 is 1.03 bits per heavy atom. The molecule has 1 fully saturated rings. The van der Waals surface area contributed by atoms with E-state index in [9.17, 15) is 8.42 Å². The van der Waals surface area contributed by atoms with Gasteiger partial charge in [0.2, 0.25) is 0 Å². The Morgan fingerprint density at radius 3 is 2.42 bits per heavy atom. The lowest BCUT2D eigenvalue weighted by molar-refractivity contribution is 0.444. The maximum Gasteiger partial charge on any atom is 0.176 e. The molecule has 0 heterocycles. The molecule has 0 saturated heterocycles. The predicted octanol–water partition coefficient (Wildman–Crippen LogP) is 4.91. The van der Waals surface area contributed by atoms with Crippen molar-refractivity contribution in [2.45, 2.75) is 36.0 Å². The standard InChI is InChI=1S/C26H27N2O2S/c1-31(29,30)24-10-3-2-9-23(24)20-11-13-22(14-12-20)26(15-4-5-16-26)18-19-7-6-8-21(17-19)25(27)28/h2-4,6-14,17H,5,15-16,18H2,1H3,(H3,27,28). The minimum atomic E-state index is -3.30. The quantitative estimate of drug-likeness (QED) is 0.430. The first-order chi connectivity index (χ1) is 14.8. The Hall–Kier alpha value is -2.92. The number of nitrogens with one attached hydrogen (secondary N) is 1. The summed E-state index contributed by atoms with van der Waals surface area (Å²) in [6.45, 7) is 0. The summed E-state index contributed by atoms with van der Waals surface area (Å²) in [7, 11) is -3.30. The number of benzene rings is 3. The summed E-state index contributed by atoms with van der Waals surface area (Å²) in [4.78, 5) is 0.354. The van der Waals surface area contributed by atoms with Gasteiger partial charge in [-0.25, -0.2) is 8.42 Å². The number of amidine groups is 1. The Bertz CT molecular complexity index is 1210. The minimum Gasteiger partial charge on any atom is -0.384 e. The zero-order valence-corrected chi connectivity index (χ0v) is 18.5. The third-order valence-corrected chi connectivity index (χ3v) is 7.39. The van der Waals surface area contributed by atoms with Gasteiger partial charge in [0, 0.05) is 17.4 Å². The molecule has 5 heteroatoms. The van der Waals surface area contributed by atoms with Gasteiger partial charge in [0.25, 0.3) is 0 Å². The van der Waals surface area contributed by atoms with Crippen LogP contribution < -0.4 is 5.73 Å². The monoisotopic (exact) mass is 431 g/mol. The van der Waals surface area contributed by atoms with Crippen molar-refractivity contribution in [1.82, 2.24) is 0 Å². The first kappa shape index (κ1) is 21.3. The van der Waals surface area contributed by atoms with Crippen molar-refractivity contribution in [3.8, 4) is 11.1 Å². The molecule has 1 radical (unpaired) electrons. The highest BCUT2D eigenvalue weighted by Crippen LogP contribution is 2.44. The molecule has 1 atom stereocenters. The fraction of sp³-hybridized carbons (Fsp3) is 0.231. The number of hydrogen-bond acceptors (Lipinski definition) is 3. The third kappa shape index (κ3) is 4.42. The SMILES string of the molecule is CS(=O)(=O)c1ccccc1-c1ccc(C2(Cc3cccc(C(=N)N)c3)C[CH]CC2)cc1. The average Bonchev–Trinajstić information content (AvgIpc) is 3.23. The van der Waals surface area contributed by atoms with Gasteiger partial charge < -0.3 is 5.73 Å². The van der Waals surface area contributed by atoms with Gasteiger partial charge in [-0.3, -0.25) is 5.41 Å². The van der Waals surface area contributed by atoms with E-state index in [2.05, 4.69) is 24.6 Å². The lowest BCUT2D eigenvalue weighted by Crippen LogP contribution is -2.25. The van der Waals surface area contributed by atoms with E-state index in [4.69, 9.17) is 11.1 Å². The van der Waals surface area contributed by atoms with Crippen molar-refractivity contribution in [1.29, 1.82) is 5.41 Å². The van der Waals surface area contributed by atoms with Crippen LogP contribution in [0, 0.1) is 11.8 Å². The molecule has 3 aromatic carbocycles. The summed E-state index contributed by atoms with van der Waals surface area (Å²) >= 11 is 0. The zero-order chi connectivity index (χ0) is 22.1. The molecule has 1 aliphatic carbocycles. The van der Waals surface area contributed by atoms with Crippen molar-refractivity contribution in [3.63, 3.8) is 0 Å². The zero-order valence-electron chi connectivity index (χ0n) is 17.6. The molecule has 1 aliphatic rings. The molecule has 0 bridgehead atoms. The van der Waals surface area contributed by atoms with Crippen LogP contribution in [0.4, 0.5) is 0 Å². The minimum absolute atomic E-state index is 0.00426. The van der Waals surface area contributed by atoms with E-state index in [0.717, 1.165) is 42.4 Å². The second kappa shape index (κ2) is 8.31. The largest absolute Gasteiger partial charge is 0.384 e. The summed E-state index contributed by atoms with van der Waals surface area (Å²) in [5.41, 5.74) is 10.5. The predicted molar refractivity (Wildman–Crippen MR) is 126 cm³/mol. The second-order valence-corrected chi connectivity index (χ2v) is 10.4. The molecule has 0 amide bonds. The summed E-state index contributed by atoms with van der Waals surface area (Å²) < 4.78 is 24.4. The van der Waals surface area contributed by atoms with E-state index in [0.29, 0.717) is 4.90 Å². The molecule has 4 nitrogen and oxygen atoms in total. The van der Waals surface area contributed by atoms with Crippen LogP contribution in [0.3, 0.4) is 0 Å². The molecule has 4 rings (SSSR count). The normalized spacial score (nSPS) is 15.6.